The number of anilines is 1. The minimum absolute atomic E-state index is 0.0279. The Morgan fingerprint density at radius 1 is 1.10 bits per heavy atom. The highest BCUT2D eigenvalue weighted by Gasteiger charge is 2.16. The van der Waals surface area contributed by atoms with Crippen molar-refractivity contribution in [3.05, 3.63) is 70.6 Å². The molecule has 0 aliphatic carbocycles. The standard InChI is InChI=1S/C24H26N2O4/c1-29-22-8-3-2-5-18(22)15-23(27)25-21-7-4-6-20-19(21)9-12-26(24(20)28)16-17-10-13-30-14-11-17/h2-9,12,17H,10-11,13-16H2,1H3,(H,25,27). The number of nitrogens with zero attached hydrogens (tertiary/aromatic N) is 1. The summed E-state index contributed by atoms with van der Waals surface area (Å²) in [6, 6.07) is 14.8. The first-order valence-corrected chi connectivity index (χ1v) is 10.3. The van der Waals surface area contributed by atoms with Crippen LogP contribution in [0.1, 0.15) is 18.4 Å². The van der Waals surface area contributed by atoms with Gasteiger partial charge in [-0.3, -0.25) is 9.59 Å². The molecule has 6 heteroatoms. The smallest absolute Gasteiger partial charge is 0.258 e. The van der Waals surface area contributed by atoms with Crippen molar-refractivity contribution in [1.82, 2.24) is 4.57 Å². The molecule has 1 aliphatic rings. The molecular formula is C24H26N2O4. The maximum atomic E-state index is 13.0. The summed E-state index contributed by atoms with van der Waals surface area (Å²) < 4.78 is 12.5. The summed E-state index contributed by atoms with van der Waals surface area (Å²) in [7, 11) is 1.59. The quantitative estimate of drug-likeness (QED) is 0.679. The molecule has 0 unspecified atom stereocenters. The van der Waals surface area contributed by atoms with Gasteiger partial charge in [0.25, 0.3) is 5.56 Å². The molecule has 30 heavy (non-hydrogen) atoms. The zero-order valence-corrected chi connectivity index (χ0v) is 17.1. The number of hydrogen-bond acceptors (Lipinski definition) is 4. The molecule has 1 aromatic heterocycles. The molecular weight excluding hydrogens is 380 g/mol. The summed E-state index contributed by atoms with van der Waals surface area (Å²) in [5.74, 6) is 0.984. The number of pyridine rings is 1. The van der Waals surface area contributed by atoms with Gasteiger partial charge >= 0.3 is 0 Å². The number of para-hydroxylation sites is 1. The lowest BCUT2D eigenvalue weighted by atomic mass is 10.00. The number of rotatable bonds is 6. The second kappa shape index (κ2) is 9.13. The van der Waals surface area contributed by atoms with E-state index in [1.807, 2.05) is 48.7 Å². The van der Waals surface area contributed by atoms with Crippen molar-refractivity contribution in [2.75, 3.05) is 25.6 Å². The molecule has 0 bridgehead atoms. The second-order valence-electron chi connectivity index (χ2n) is 7.63. The van der Waals surface area contributed by atoms with Crippen LogP contribution in [0.5, 0.6) is 5.75 Å². The topological polar surface area (TPSA) is 69.6 Å². The highest BCUT2D eigenvalue weighted by atomic mass is 16.5. The van der Waals surface area contributed by atoms with Gasteiger partial charge in [0, 0.05) is 48.0 Å². The van der Waals surface area contributed by atoms with Crippen LogP contribution in [0.3, 0.4) is 0 Å². The third-order valence-corrected chi connectivity index (χ3v) is 5.63. The number of amides is 1. The summed E-state index contributed by atoms with van der Waals surface area (Å²) in [5, 5.41) is 4.31. The van der Waals surface area contributed by atoms with Crippen LogP contribution in [0.4, 0.5) is 5.69 Å². The van der Waals surface area contributed by atoms with E-state index in [1.165, 1.54) is 0 Å². The molecule has 1 amide bonds. The Hall–Kier alpha value is -3.12. The monoisotopic (exact) mass is 406 g/mol. The molecule has 4 rings (SSSR count). The Morgan fingerprint density at radius 3 is 2.70 bits per heavy atom. The minimum Gasteiger partial charge on any atom is -0.496 e. The Kier molecular flexibility index (Phi) is 6.14. The van der Waals surface area contributed by atoms with E-state index in [9.17, 15) is 9.59 Å². The first kappa shape index (κ1) is 20.2. The summed E-state index contributed by atoms with van der Waals surface area (Å²) in [4.78, 5) is 25.7. The van der Waals surface area contributed by atoms with Crippen molar-refractivity contribution in [1.29, 1.82) is 0 Å². The molecule has 156 valence electrons. The number of fused-ring (bicyclic) bond motifs is 1. The van der Waals surface area contributed by atoms with E-state index in [0.717, 1.165) is 37.0 Å². The van der Waals surface area contributed by atoms with Gasteiger partial charge in [0.05, 0.1) is 13.5 Å². The summed E-state index contributed by atoms with van der Waals surface area (Å²) in [5.41, 5.74) is 1.43. The Balaban J connectivity index is 1.55. The average molecular weight is 406 g/mol. The van der Waals surface area contributed by atoms with Crippen molar-refractivity contribution in [3.8, 4) is 5.75 Å². The molecule has 0 spiro atoms. The number of carbonyl (C=O) groups excluding carboxylic acids is 1. The third-order valence-electron chi connectivity index (χ3n) is 5.63. The zero-order chi connectivity index (χ0) is 20.9. The number of aromatic nitrogens is 1. The van der Waals surface area contributed by atoms with Crippen molar-refractivity contribution >= 4 is 22.4 Å². The summed E-state index contributed by atoms with van der Waals surface area (Å²) in [6.07, 6.45) is 3.98. The van der Waals surface area contributed by atoms with Crippen LogP contribution in [0.15, 0.2) is 59.5 Å². The number of hydrogen-bond donors (Lipinski definition) is 1. The van der Waals surface area contributed by atoms with Crippen molar-refractivity contribution in [2.45, 2.75) is 25.8 Å². The predicted molar refractivity (Wildman–Crippen MR) is 117 cm³/mol. The molecule has 0 radical (unpaired) electrons. The molecule has 0 atom stereocenters. The Labute approximate surface area is 175 Å². The molecule has 1 aliphatic heterocycles. The molecule has 1 N–H and O–H groups in total. The minimum atomic E-state index is -0.154. The predicted octanol–water partition coefficient (Wildman–Crippen LogP) is 3.62. The fraction of sp³-hybridized carbons (Fsp3) is 0.333. The van der Waals surface area contributed by atoms with Crippen molar-refractivity contribution in [3.63, 3.8) is 0 Å². The van der Waals surface area contributed by atoms with Crippen LogP contribution in [0.2, 0.25) is 0 Å². The number of nitrogens with one attached hydrogen (secondary N) is 1. The van der Waals surface area contributed by atoms with E-state index >= 15 is 0 Å². The van der Waals surface area contributed by atoms with Crippen LogP contribution in [-0.4, -0.2) is 30.8 Å². The Morgan fingerprint density at radius 2 is 1.90 bits per heavy atom. The van der Waals surface area contributed by atoms with Crippen molar-refractivity contribution < 1.29 is 14.3 Å². The first-order valence-electron chi connectivity index (χ1n) is 10.3. The van der Waals surface area contributed by atoms with Gasteiger partial charge in [-0.25, -0.2) is 0 Å². The van der Waals surface area contributed by atoms with E-state index in [1.54, 1.807) is 17.7 Å². The SMILES string of the molecule is COc1ccccc1CC(=O)Nc1cccc2c(=O)n(CC3CCOCC3)ccc12. The number of benzene rings is 2. The van der Waals surface area contributed by atoms with Gasteiger partial charge in [-0.1, -0.05) is 24.3 Å². The van der Waals surface area contributed by atoms with Gasteiger partial charge in [-0.2, -0.15) is 0 Å². The Bertz CT molecular complexity index is 1100. The second-order valence-corrected chi connectivity index (χ2v) is 7.63. The zero-order valence-electron chi connectivity index (χ0n) is 17.1. The first-order chi connectivity index (χ1) is 14.7. The van der Waals surface area contributed by atoms with E-state index in [2.05, 4.69) is 5.32 Å². The lowest BCUT2D eigenvalue weighted by Gasteiger charge is -2.23. The van der Waals surface area contributed by atoms with Crippen LogP contribution in [0.25, 0.3) is 10.8 Å². The van der Waals surface area contributed by atoms with Crippen LogP contribution in [0, 0.1) is 5.92 Å². The highest BCUT2D eigenvalue weighted by molar-refractivity contribution is 6.02. The fourth-order valence-corrected chi connectivity index (χ4v) is 3.99. The summed E-state index contributed by atoms with van der Waals surface area (Å²) in [6.45, 7) is 2.22. The van der Waals surface area contributed by atoms with Crippen LogP contribution in [-0.2, 0) is 22.5 Å². The van der Waals surface area contributed by atoms with Gasteiger partial charge < -0.3 is 19.4 Å². The van der Waals surface area contributed by atoms with Crippen LogP contribution < -0.4 is 15.6 Å². The molecule has 2 heterocycles. The van der Waals surface area contributed by atoms with Gasteiger partial charge in [0.2, 0.25) is 5.91 Å². The molecule has 2 aromatic carbocycles. The number of methoxy groups -OCH3 is 1. The van der Waals surface area contributed by atoms with E-state index in [-0.39, 0.29) is 17.9 Å². The van der Waals surface area contributed by atoms with Gasteiger partial charge in [0.1, 0.15) is 5.75 Å². The molecule has 3 aromatic rings. The largest absolute Gasteiger partial charge is 0.496 e. The van der Waals surface area contributed by atoms with E-state index in [4.69, 9.17) is 9.47 Å². The normalized spacial score (nSPS) is 14.6. The average Bonchev–Trinajstić information content (AvgIpc) is 2.77. The van der Waals surface area contributed by atoms with Gasteiger partial charge in [0.15, 0.2) is 0 Å². The number of carbonyl (C=O) groups is 1. The molecule has 6 nitrogen and oxygen atoms in total. The van der Waals surface area contributed by atoms with Gasteiger partial charge in [-0.05, 0) is 43.0 Å². The third kappa shape index (κ3) is 4.39. The van der Waals surface area contributed by atoms with Gasteiger partial charge in [-0.15, -0.1) is 0 Å². The molecule has 1 saturated heterocycles. The summed E-state index contributed by atoms with van der Waals surface area (Å²) >= 11 is 0. The number of ether oxygens (including phenoxy) is 2. The van der Waals surface area contributed by atoms with E-state index < -0.39 is 0 Å². The van der Waals surface area contributed by atoms with Crippen molar-refractivity contribution in [2.24, 2.45) is 5.92 Å². The van der Waals surface area contributed by atoms with E-state index in [0.29, 0.717) is 29.3 Å². The molecule has 1 fully saturated rings. The molecule has 0 saturated carbocycles. The highest BCUT2D eigenvalue weighted by Crippen LogP contribution is 2.23. The fourth-order valence-electron chi connectivity index (χ4n) is 3.99. The lowest BCUT2D eigenvalue weighted by Crippen LogP contribution is -2.27. The maximum absolute atomic E-state index is 13.0. The lowest BCUT2D eigenvalue weighted by molar-refractivity contribution is -0.115. The van der Waals surface area contributed by atoms with Crippen LogP contribution >= 0.6 is 0 Å². The maximum Gasteiger partial charge on any atom is 0.258 e.